The molecular weight excluding hydrogens is 256 g/mol. The summed E-state index contributed by atoms with van der Waals surface area (Å²) in [6.07, 6.45) is 20.5. The van der Waals surface area contributed by atoms with Crippen LogP contribution in [-0.2, 0) is 0 Å². The summed E-state index contributed by atoms with van der Waals surface area (Å²) in [5.74, 6) is 2.05. The Bertz CT molecular complexity index is 220. The molecule has 0 radical (unpaired) electrons. The Labute approximate surface area is 132 Å². The number of nitrogens with two attached hydrogens (primary N) is 1. The van der Waals surface area contributed by atoms with E-state index in [1.54, 1.807) is 0 Å². The molecule has 2 saturated carbocycles. The van der Waals surface area contributed by atoms with E-state index < -0.39 is 0 Å². The lowest BCUT2D eigenvalue weighted by Crippen LogP contribution is -2.34. The van der Waals surface area contributed by atoms with Crippen LogP contribution in [0.25, 0.3) is 0 Å². The van der Waals surface area contributed by atoms with E-state index in [1.807, 2.05) is 0 Å². The second-order valence-corrected chi connectivity index (χ2v) is 7.60. The van der Waals surface area contributed by atoms with Gasteiger partial charge in [0.25, 0.3) is 0 Å². The van der Waals surface area contributed by atoms with Crippen molar-refractivity contribution in [2.45, 2.75) is 95.9 Å². The van der Waals surface area contributed by atoms with Gasteiger partial charge in [0.15, 0.2) is 0 Å². The molecule has 0 amide bonds. The molecule has 0 heterocycles. The molecule has 2 aliphatic carbocycles. The molecule has 2 fully saturated rings. The fourth-order valence-electron chi connectivity index (χ4n) is 4.46. The Hall–Kier alpha value is -0.0800. The molecule has 124 valence electrons. The zero-order chi connectivity index (χ0) is 14.8. The monoisotopic (exact) mass is 294 g/mol. The van der Waals surface area contributed by atoms with Crippen LogP contribution in [0.4, 0.5) is 0 Å². The largest absolute Gasteiger partial charge is 0.329 e. The van der Waals surface area contributed by atoms with Gasteiger partial charge < -0.3 is 11.1 Å². The van der Waals surface area contributed by atoms with Gasteiger partial charge in [-0.15, -0.1) is 0 Å². The van der Waals surface area contributed by atoms with Gasteiger partial charge in [0.1, 0.15) is 0 Å². The highest BCUT2D eigenvalue weighted by molar-refractivity contribution is 4.75. The molecule has 0 aromatic rings. The number of hydrogen-bond donors (Lipinski definition) is 2. The Morgan fingerprint density at radius 2 is 1.24 bits per heavy atom. The van der Waals surface area contributed by atoms with Crippen LogP contribution in [-0.4, -0.2) is 19.1 Å². The van der Waals surface area contributed by atoms with Crippen molar-refractivity contribution in [2.24, 2.45) is 17.6 Å². The maximum Gasteiger partial charge on any atom is 0.00770 e. The molecule has 0 bridgehead atoms. The lowest BCUT2D eigenvalue weighted by Gasteiger charge is -2.27. The Morgan fingerprint density at radius 1 is 0.762 bits per heavy atom. The lowest BCUT2D eigenvalue weighted by molar-refractivity contribution is 0.284. The third-order valence-electron chi connectivity index (χ3n) is 5.87. The van der Waals surface area contributed by atoms with Crippen LogP contribution in [0.1, 0.15) is 89.9 Å². The van der Waals surface area contributed by atoms with Crippen molar-refractivity contribution in [2.75, 3.05) is 13.1 Å². The van der Waals surface area contributed by atoms with Crippen molar-refractivity contribution in [3.63, 3.8) is 0 Å². The predicted octanol–water partition coefficient (Wildman–Crippen LogP) is 4.62. The second kappa shape index (κ2) is 10.6. The number of rotatable bonds is 9. The highest BCUT2D eigenvalue weighted by atomic mass is 14.9. The molecule has 0 aromatic heterocycles. The van der Waals surface area contributed by atoms with Crippen LogP contribution in [0.5, 0.6) is 0 Å². The SMILES string of the molecule is NCCNC(CCC1CCCCC1)CCC1CCCCC1. The highest BCUT2D eigenvalue weighted by Crippen LogP contribution is 2.30. The van der Waals surface area contributed by atoms with Crippen LogP contribution in [0.2, 0.25) is 0 Å². The van der Waals surface area contributed by atoms with Gasteiger partial charge in [0, 0.05) is 19.1 Å². The molecule has 2 rings (SSSR count). The summed E-state index contributed by atoms with van der Waals surface area (Å²) < 4.78 is 0. The van der Waals surface area contributed by atoms with E-state index >= 15 is 0 Å². The zero-order valence-corrected chi connectivity index (χ0v) is 14.1. The molecule has 0 unspecified atom stereocenters. The van der Waals surface area contributed by atoms with Gasteiger partial charge in [-0.3, -0.25) is 0 Å². The summed E-state index contributed by atoms with van der Waals surface area (Å²) in [6.45, 7) is 1.78. The van der Waals surface area contributed by atoms with Crippen molar-refractivity contribution in [3.05, 3.63) is 0 Å². The normalized spacial score (nSPS) is 22.0. The quantitative estimate of drug-likeness (QED) is 0.651. The molecule has 2 nitrogen and oxygen atoms in total. The molecule has 21 heavy (non-hydrogen) atoms. The first kappa shape index (κ1) is 17.3. The van der Waals surface area contributed by atoms with Crippen LogP contribution in [0.15, 0.2) is 0 Å². The molecule has 0 saturated heterocycles. The minimum Gasteiger partial charge on any atom is -0.329 e. The smallest absolute Gasteiger partial charge is 0.00770 e. The molecule has 2 aliphatic rings. The maximum absolute atomic E-state index is 5.69. The van der Waals surface area contributed by atoms with E-state index in [0.717, 1.165) is 31.0 Å². The van der Waals surface area contributed by atoms with Gasteiger partial charge in [-0.1, -0.05) is 64.2 Å². The van der Waals surface area contributed by atoms with Crippen molar-refractivity contribution < 1.29 is 0 Å². The van der Waals surface area contributed by atoms with Crippen molar-refractivity contribution in [1.82, 2.24) is 5.32 Å². The Balaban J connectivity index is 1.65. The van der Waals surface area contributed by atoms with Crippen LogP contribution in [0.3, 0.4) is 0 Å². The minimum atomic E-state index is 0.734. The first-order valence-corrected chi connectivity index (χ1v) is 9.82. The van der Waals surface area contributed by atoms with Crippen molar-refractivity contribution >= 4 is 0 Å². The number of hydrogen-bond acceptors (Lipinski definition) is 2. The second-order valence-electron chi connectivity index (χ2n) is 7.60. The third-order valence-corrected chi connectivity index (χ3v) is 5.87. The summed E-state index contributed by atoms with van der Waals surface area (Å²) in [6, 6.07) is 0.734. The molecule has 3 N–H and O–H groups in total. The van der Waals surface area contributed by atoms with Gasteiger partial charge in [-0.25, -0.2) is 0 Å². The highest BCUT2D eigenvalue weighted by Gasteiger charge is 2.18. The van der Waals surface area contributed by atoms with Crippen LogP contribution < -0.4 is 11.1 Å². The first-order valence-electron chi connectivity index (χ1n) is 9.82. The lowest BCUT2D eigenvalue weighted by atomic mass is 9.82. The maximum atomic E-state index is 5.69. The topological polar surface area (TPSA) is 38.0 Å². The van der Waals surface area contributed by atoms with Crippen molar-refractivity contribution in [1.29, 1.82) is 0 Å². The molecule has 0 atom stereocenters. The van der Waals surface area contributed by atoms with Gasteiger partial charge in [0.2, 0.25) is 0 Å². The summed E-state index contributed by atoms with van der Waals surface area (Å²) >= 11 is 0. The van der Waals surface area contributed by atoms with Gasteiger partial charge in [-0.2, -0.15) is 0 Å². The predicted molar refractivity (Wildman–Crippen MR) is 92.5 cm³/mol. The molecule has 0 aliphatic heterocycles. The van der Waals surface area contributed by atoms with Gasteiger partial charge in [0.05, 0.1) is 0 Å². The van der Waals surface area contributed by atoms with E-state index in [0.29, 0.717) is 0 Å². The number of nitrogens with one attached hydrogen (secondary N) is 1. The molecule has 0 spiro atoms. The van der Waals surface area contributed by atoms with E-state index in [1.165, 1.54) is 89.9 Å². The fraction of sp³-hybridized carbons (Fsp3) is 1.00. The van der Waals surface area contributed by atoms with Gasteiger partial charge >= 0.3 is 0 Å². The summed E-state index contributed by atoms with van der Waals surface area (Å²) in [5.41, 5.74) is 5.69. The molecule has 2 heteroatoms. The summed E-state index contributed by atoms with van der Waals surface area (Å²) in [5, 5.41) is 3.72. The zero-order valence-electron chi connectivity index (χ0n) is 14.1. The van der Waals surface area contributed by atoms with E-state index in [2.05, 4.69) is 5.32 Å². The Kier molecular flexibility index (Phi) is 8.73. The first-order chi connectivity index (χ1) is 10.4. The standard InChI is InChI=1S/C19H38N2/c20-15-16-21-19(13-11-17-7-3-1-4-8-17)14-12-18-9-5-2-6-10-18/h17-19,21H,1-16,20H2. The van der Waals surface area contributed by atoms with E-state index in [4.69, 9.17) is 5.73 Å². The van der Waals surface area contributed by atoms with Crippen LogP contribution >= 0.6 is 0 Å². The Morgan fingerprint density at radius 3 is 1.67 bits per heavy atom. The molecular formula is C19H38N2. The third kappa shape index (κ3) is 7.15. The fourth-order valence-corrected chi connectivity index (χ4v) is 4.46. The summed E-state index contributed by atoms with van der Waals surface area (Å²) in [4.78, 5) is 0. The van der Waals surface area contributed by atoms with Gasteiger partial charge in [-0.05, 0) is 37.5 Å². The minimum absolute atomic E-state index is 0.734. The van der Waals surface area contributed by atoms with Crippen LogP contribution in [0, 0.1) is 11.8 Å². The van der Waals surface area contributed by atoms with E-state index in [-0.39, 0.29) is 0 Å². The van der Waals surface area contributed by atoms with E-state index in [9.17, 15) is 0 Å². The van der Waals surface area contributed by atoms with Crippen molar-refractivity contribution in [3.8, 4) is 0 Å². The average Bonchev–Trinajstić information content (AvgIpc) is 2.56. The molecule has 0 aromatic carbocycles. The summed E-state index contributed by atoms with van der Waals surface area (Å²) in [7, 11) is 0. The average molecular weight is 295 g/mol.